The van der Waals surface area contributed by atoms with Crippen molar-refractivity contribution >= 4 is 11.9 Å². The van der Waals surface area contributed by atoms with E-state index in [1.54, 1.807) is 13.0 Å². The first kappa shape index (κ1) is 10.2. The summed E-state index contributed by atoms with van der Waals surface area (Å²) in [7, 11) is 0. The van der Waals surface area contributed by atoms with Gasteiger partial charge < -0.3 is 9.84 Å². The molecule has 4 heteroatoms. The molecule has 0 unspecified atom stereocenters. The number of aromatic carboxylic acids is 1. The fourth-order valence-electron chi connectivity index (χ4n) is 1.05. The summed E-state index contributed by atoms with van der Waals surface area (Å²) in [6.45, 7) is 3.02. The van der Waals surface area contributed by atoms with E-state index in [1.807, 2.05) is 0 Å². The van der Waals surface area contributed by atoms with Crippen LogP contribution in [0.5, 0.6) is 5.75 Å². The molecule has 1 rings (SSSR count). The molecule has 1 aromatic rings. The lowest BCUT2D eigenvalue weighted by Crippen LogP contribution is -2.07. The summed E-state index contributed by atoms with van der Waals surface area (Å²) in [5, 5.41) is 8.78. The van der Waals surface area contributed by atoms with Crippen molar-refractivity contribution in [2.24, 2.45) is 0 Å². The second-order valence-electron chi connectivity index (χ2n) is 2.90. The summed E-state index contributed by atoms with van der Waals surface area (Å²) in [5.41, 5.74) is 0.831. The number of rotatable bonds is 2. The van der Waals surface area contributed by atoms with Crippen LogP contribution in [0.15, 0.2) is 18.2 Å². The van der Waals surface area contributed by atoms with Gasteiger partial charge in [-0.2, -0.15) is 0 Å². The molecule has 0 bridgehead atoms. The standard InChI is InChI=1S/C10H10O4/c1-6-3-4-8(10(12)13)9(5-6)14-7(2)11/h3-5H,1-2H3,(H,12,13). The molecular weight excluding hydrogens is 184 g/mol. The molecular formula is C10H10O4. The second kappa shape index (κ2) is 3.91. The van der Waals surface area contributed by atoms with Crippen LogP contribution in [-0.2, 0) is 4.79 Å². The molecule has 0 amide bonds. The van der Waals surface area contributed by atoms with Gasteiger partial charge in [0.15, 0.2) is 0 Å². The molecule has 0 aliphatic heterocycles. The van der Waals surface area contributed by atoms with Crippen LogP contribution in [-0.4, -0.2) is 17.0 Å². The summed E-state index contributed by atoms with van der Waals surface area (Å²) >= 11 is 0. The zero-order chi connectivity index (χ0) is 10.7. The van der Waals surface area contributed by atoms with E-state index in [2.05, 4.69) is 0 Å². The quantitative estimate of drug-likeness (QED) is 0.574. The third-order valence-electron chi connectivity index (χ3n) is 1.62. The van der Waals surface area contributed by atoms with Crippen LogP contribution < -0.4 is 4.74 Å². The van der Waals surface area contributed by atoms with E-state index < -0.39 is 11.9 Å². The fourth-order valence-corrected chi connectivity index (χ4v) is 1.05. The first-order chi connectivity index (χ1) is 6.50. The highest BCUT2D eigenvalue weighted by molar-refractivity contribution is 5.92. The summed E-state index contributed by atoms with van der Waals surface area (Å²) in [6, 6.07) is 4.58. The lowest BCUT2D eigenvalue weighted by atomic mass is 10.1. The van der Waals surface area contributed by atoms with Crippen LogP contribution in [0.2, 0.25) is 0 Å². The predicted octanol–water partition coefficient (Wildman–Crippen LogP) is 1.62. The van der Waals surface area contributed by atoms with E-state index in [0.717, 1.165) is 5.56 Å². The van der Waals surface area contributed by atoms with E-state index >= 15 is 0 Å². The number of carbonyl (C=O) groups excluding carboxylic acids is 1. The lowest BCUT2D eigenvalue weighted by molar-refractivity contribution is -0.131. The molecule has 0 aliphatic carbocycles. The molecule has 0 saturated carbocycles. The Labute approximate surface area is 81.1 Å². The highest BCUT2D eigenvalue weighted by Crippen LogP contribution is 2.20. The number of benzene rings is 1. The molecule has 1 N–H and O–H groups in total. The SMILES string of the molecule is CC(=O)Oc1cc(C)ccc1C(=O)O. The Morgan fingerprint density at radius 2 is 2.00 bits per heavy atom. The predicted molar refractivity (Wildman–Crippen MR) is 49.4 cm³/mol. The van der Waals surface area contributed by atoms with Gasteiger partial charge >= 0.3 is 11.9 Å². The number of hydrogen-bond acceptors (Lipinski definition) is 3. The van der Waals surface area contributed by atoms with Gasteiger partial charge in [0.25, 0.3) is 0 Å². The summed E-state index contributed by atoms with van der Waals surface area (Å²) < 4.78 is 4.77. The second-order valence-corrected chi connectivity index (χ2v) is 2.90. The fraction of sp³-hybridized carbons (Fsp3) is 0.200. The Bertz CT molecular complexity index is 382. The maximum atomic E-state index is 10.7. The van der Waals surface area contributed by atoms with Crippen molar-refractivity contribution in [1.82, 2.24) is 0 Å². The van der Waals surface area contributed by atoms with Gasteiger partial charge in [0, 0.05) is 6.92 Å². The molecule has 0 heterocycles. The van der Waals surface area contributed by atoms with Crippen LogP contribution in [0.1, 0.15) is 22.8 Å². The Kier molecular flexibility index (Phi) is 2.86. The number of carboxylic acid groups (broad SMARTS) is 1. The zero-order valence-corrected chi connectivity index (χ0v) is 7.90. The molecule has 0 atom stereocenters. The highest BCUT2D eigenvalue weighted by atomic mass is 16.5. The molecule has 4 nitrogen and oxygen atoms in total. The Balaban J connectivity index is 3.15. The van der Waals surface area contributed by atoms with E-state index in [4.69, 9.17) is 9.84 Å². The molecule has 0 saturated heterocycles. The maximum Gasteiger partial charge on any atom is 0.339 e. The Morgan fingerprint density at radius 1 is 1.36 bits per heavy atom. The molecule has 0 radical (unpaired) electrons. The van der Waals surface area contributed by atoms with Crippen molar-refractivity contribution in [3.05, 3.63) is 29.3 Å². The third kappa shape index (κ3) is 2.32. The molecule has 74 valence electrons. The average molecular weight is 194 g/mol. The lowest BCUT2D eigenvalue weighted by Gasteiger charge is -2.05. The molecule has 1 aromatic carbocycles. The summed E-state index contributed by atoms with van der Waals surface area (Å²) in [5.74, 6) is -1.55. The topological polar surface area (TPSA) is 63.6 Å². The smallest absolute Gasteiger partial charge is 0.339 e. The van der Waals surface area contributed by atoms with Gasteiger partial charge in [-0.05, 0) is 24.6 Å². The normalized spacial score (nSPS) is 9.57. The number of aryl methyl sites for hydroxylation is 1. The van der Waals surface area contributed by atoms with Gasteiger partial charge in [-0.3, -0.25) is 4.79 Å². The van der Waals surface area contributed by atoms with E-state index in [9.17, 15) is 9.59 Å². The Morgan fingerprint density at radius 3 is 2.50 bits per heavy atom. The molecule has 0 aliphatic rings. The van der Waals surface area contributed by atoms with E-state index in [1.165, 1.54) is 19.1 Å². The van der Waals surface area contributed by atoms with Crippen LogP contribution in [0.25, 0.3) is 0 Å². The van der Waals surface area contributed by atoms with Crippen molar-refractivity contribution in [2.45, 2.75) is 13.8 Å². The van der Waals surface area contributed by atoms with Crippen LogP contribution >= 0.6 is 0 Å². The highest BCUT2D eigenvalue weighted by Gasteiger charge is 2.12. The minimum atomic E-state index is -1.11. The molecule has 14 heavy (non-hydrogen) atoms. The summed E-state index contributed by atoms with van der Waals surface area (Å²) in [4.78, 5) is 21.4. The van der Waals surface area contributed by atoms with Gasteiger partial charge in [0.2, 0.25) is 0 Å². The zero-order valence-electron chi connectivity index (χ0n) is 7.90. The number of hydrogen-bond donors (Lipinski definition) is 1. The number of carbonyl (C=O) groups is 2. The van der Waals surface area contributed by atoms with Gasteiger partial charge in [0.05, 0.1) is 0 Å². The first-order valence-corrected chi connectivity index (χ1v) is 4.03. The van der Waals surface area contributed by atoms with Crippen molar-refractivity contribution in [3.63, 3.8) is 0 Å². The van der Waals surface area contributed by atoms with Crippen LogP contribution in [0.3, 0.4) is 0 Å². The number of carboxylic acids is 1. The first-order valence-electron chi connectivity index (χ1n) is 4.03. The van der Waals surface area contributed by atoms with Crippen molar-refractivity contribution < 1.29 is 19.4 Å². The number of ether oxygens (including phenoxy) is 1. The van der Waals surface area contributed by atoms with Crippen molar-refractivity contribution in [2.75, 3.05) is 0 Å². The molecule has 0 aromatic heterocycles. The van der Waals surface area contributed by atoms with E-state index in [-0.39, 0.29) is 11.3 Å². The summed E-state index contributed by atoms with van der Waals surface area (Å²) in [6.07, 6.45) is 0. The van der Waals surface area contributed by atoms with Crippen LogP contribution in [0.4, 0.5) is 0 Å². The number of esters is 1. The maximum absolute atomic E-state index is 10.7. The van der Waals surface area contributed by atoms with Crippen molar-refractivity contribution in [1.29, 1.82) is 0 Å². The van der Waals surface area contributed by atoms with Gasteiger partial charge in [-0.15, -0.1) is 0 Å². The van der Waals surface area contributed by atoms with Crippen LogP contribution in [0, 0.1) is 6.92 Å². The average Bonchev–Trinajstić information content (AvgIpc) is 2.01. The Hall–Kier alpha value is -1.84. The minimum Gasteiger partial charge on any atom is -0.478 e. The third-order valence-corrected chi connectivity index (χ3v) is 1.62. The van der Waals surface area contributed by atoms with Gasteiger partial charge in [-0.25, -0.2) is 4.79 Å². The minimum absolute atomic E-state index is 0.00852. The largest absolute Gasteiger partial charge is 0.478 e. The van der Waals surface area contributed by atoms with Gasteiger partial charge in [0.1, 0.15) is 11.3 Å². The van der Waals surface area contributed by atoms with E-state index in [0.29, 0.717) is 0 Å². The van der Waals surface area contributed by atoms with Crippen molar-refractivity contribution in [3.8, 4) is 5.75 Å². The molecule has 0 fully saturated rings. The molecule has 0 spiro atoms. The van der Waals surface area contributed by atoms with Gasteiger partial charge in [-0.1, -0.05) is 6.07 Å². The monoisotopic (exact) mass is 194 g/mol.